The lowest BCUT2D eigenvalue weighted by Crippen LogP contribution is -2.53. The van der Waals surface area contributed by atoms with E-state index in [0.29, 0.717) is 11.5 Å². The Balaban J connectivity index is 1.68. The van der Waals surface area contributed by atoms with E-state index in [-0.39, 0.29) is 25.4 Å². The highest BCUT2D eigenvalue weighted by atomic mass is 16.5. The first kappa shape index (κ1) is 21.1. The van der Waals surface area contributed by atoms with Crippen molar-refractivity contribution in [1.82, 2.24) is 4.90 Å². The number of carbonyl (C=O) groups is 3. The first-order valence-corrected chi connectivity index (χ1v) is 9.58. The SMILES string of the molecule is C=CCN(Cc1ccc(Oc2ccccc2)cc1)C(=O)C1CC(C(=O)O)C1C(=O)O. The predicted octanol–water partition coefficient (Wildman–Crippen LogP) is 3.42. The number of carboxylic acid groups (broad SMARTS) is 2. The molecule has 1 saturated carbocycles. The van der Waals surface area contributed by atoms with Crippen LogP contribution in [-0.2, 0) is 20.9 Å². The summed E-state index contributed by atoms with van der Waals surface area (Å²) in [5.74, 6) is -4.52. The van der Waals surface area contributed by atoms with Crippen LogP contribution in [0.4, 0.5) is 0 Å². The summed E-state index contributed by atoms with van der Waals surface area (Å²) >= 11 is 0. The maximum Gasteiger partial charge on any atom is 0.308 e. The van der Waals surface area contributed by atoms with E-state index in [1.165, 1.54) is 4.90 Å². The van der Waals surface area contributed by atoms with Crippen molar-refractivity contribution >= 4 is 17.8 Å². The highest BCUT2D eigenvalue weighted by Gasteiger charge is 2.54. The Morgan fingerprint density at radius 2 is 1.60 bits per heavy atom. The summed E-state index contributed by atoms with van der Waals surface area (Å²) in [6.07, 6.45) is 1.59. The third-order valence-corrected chi connectivity index (χ3v) is 5.23. The van der Waals surface area contributed by atoms with Gasteiger partial charge in [-0.1, -0.05) is 36.4 Å². The molecule has 0 bridgehead atoms. The summed E-state index contributed by atoms with van der Waals surface area (Å²) in [6.45, 7) is 4.16. The molecule has 0 spiro atoms. The van der Waals surface area contributed by atoms with Crippen LogP contribution in [0.1, 0.15) is 12.0 Å². The third-order valence-electron chi connectivity index (χ3n) is 5.23. The molecule has 0 aromatic heterocycles. The maximum atomic E-state index is 12.9. The lowest BCUT2D eigenvalue weighted by Gasteiger charge is -2.40. The van der Waals surface area contributed by atoms with Crippen molar-refractivity contribution in [3.8, 4) is 11.5 Å². The molecule has 7 nitrogen and oxygen atoms in total. The zero-order valence-corrected chi connectivity index (χ0v) is 16.3. The van der Waals surface area contributed by atoms with Crippen molar-refractivity contribution in [1.29, 1.82) is 0 Å². The van der Waals surface area contributed by atoms with E-state index in [1.54, 1.807) is 18.2 Å². The topological polar surface area (TPSA) is 104 Å². The average molecular weight is 409 g/mol. The average Bonchev–Trinajstić information content (AvgIpc) is 2.68. The first-order chi connectivity index (χ1) is 14.4. The van der Waals surface area contributed by atoms with Crippen LogP contribution in [0.5, 0.6) is 11.5 Å². The molecule has 3 unspecified atom stereocenters. The molecule has 0 radical (unpaired) electrons. The number of para-hydroxylation sites is 1. The molecule has 1 aliphatic carbocycles. The second kappa shape index (κ2) is 9.26. The minimum atomic E-state index is -1.26. The van der Waals surface area contributed by atoms with E-state index in [2.05, 4.69) is 6.58 Å². The molecule has 1 amide bonds. The predicted molar refractivity (Wildman–Crippen MR) is 109 cm³/mol. The molecule has 2 aromatic carbocycles. The fraction of sp³-hybridized carbons (Fsp3) is 0.261. The summed E-state index contributed by atoms with van der Waals surface area (Å²) < 4.78 is 5.76. The van der Waals surface area contributed by atoms with E-state index in [1.807, 2.05) is 42.5 Å². The van der Waals surface area contributed by atoms with Gasteiger partial charge in [-0.3, -0.25) is 14.4 Å². The minimum absolute atomic E-state index is 0.0304. The summed E-state index contributed by atoms with van der Waals surface area (Å²) in [5, 5.41) is 18.5. The van der Waals surface area contributed by atoms with Crippen molar-refractivity contribution in [2.45, 2.75) is 13.0 Å². The minimum Gasteiger partial charge on any atom is -0.481 e. The molecule has 7 heteroatoms. The second-order valence-electron chi connectivity index (χ2n) is 7.22. The van der Waals surface area contributed by atoms with Crippen LogP contribution >= 0.6 is 0 Å². The number of nitrogens with zero attached hydrogens (tertiary/aromatic N) is 1. The first-order valence-electron chi connectivity index (χ1n) is 9.58. The van der Waals surface area contributed by atoms with Gasteiger partial charge in [-0.25, -0.2) is 0 Å². The summed E-state index contributed by atoms with van der Waals surface area (Å²) in [6, 6.07) is 16.6. The van der Waals surface area contributed by atoms with Crippen LogP contribution in [0.15, 0.2) is 67.3 Å². The molecule has 3 atom stereocenters. The Morgan fingerprint density at radius 3 is 2.17 bits per heavy atom. The number of amides is 1. The fourth-order valence-corrected chi connectivity index (χ4v) is 3.64. The molecule has 0 aliphatic heterocycles. The van der Waals surface area contributed by atoms with Gasteiger partial charge in [0, 0.05) is 13.1 Å². The molecule has 1 fully saturated rings. The van der Waals surface area contributed by atoms with Crippen molar-refractivity contribution in [3.63, 3.8) is 0 Å². The van der Waals surface area contributed by atoms with Gasteiger partial charge < -0.3 is 19.8 Å². The van der Waals surface area contributed by atoms with E-state index < -0.39 is 29.7 Å². The highest BCUT2D eigenvalue weighted by molar-refractivity contribution is 5.91. The quantitative estimate of drug-likeness (QED) is 0.615. The van der Waals surface area contributed by atoms with Crippen molar-refractivity contribution in [3.05, 3.63) is 72.8 Å². The van der Waals surface area contributed by atoms with Crippen LogP contribution in [0.3, 0.4) is 0 Å². The maximum absolute atomic E-state index is 12.9. The van der Waals surface area contributed by atoms with Gasteiger partial charge in [-0.15, -0.1) is 6.58 Å². The van der Waals surface area contributed by atoms with Crippen LogP contribution in [0.2, 0.25) is 0 Å². The third kappa shape index (κ3) is 4.68. The molecule has 30 heavy (non-hydrogen) atoms. The molecule has 2 N–H and O–H groups in total. The van der Waals surface area contributed by atoms with Crippen molar-refractivity contribution < 1.29 is 29.3 Å². The number of hydrogen-bond acceptors (Lipinski definition) is 4. The van der Waals surface area contributed by atoms with Crippen LogP contribution in [-0.4, -0.2) is 39.5 Å². The Bertz CT molecular complexity index is 924. The van der Waals surface area contributed by atoms with Gasteiger partial charge in [0.25, 0.3) is 0 Å². The van der Waals surface area contributed by atoms with Crippen molar-refractivity contribution in [2.24, 2.45) is 17.8 Å². The van der Waals surface area contributed by atoms with Crippen molar-refractivity contribution in [2.75, 3.05) is 6.54 Å². The summed E-state index contributed by atoms with van der Waals surface area (Å²) in [4.78, 5) is 37.1. The Morgan fingerprint density at radius 1 is 0.967 bits per heavy atom. The monoisotopic (exact) mass is 409 g/mol. The fourth-order valence-electron chi connectivity index (χ4n) is 3.64. The Hall–Kier alpha value is -3.61. The Labute approximate surface area is 174 Å². The number of benzene rings is 2. The molecule has 3 rings (SSSR count). The van der Waals surface area contributed by atoms with Crippen LogP contribution in [0, 0.1) is 17.8 Å². The second-order valence-corrected chi connectivity index (χ2v) is 7.22. The number of carboxylic acids is 2. The molecule has 1 aliphatic rings. The zero-order chi connectivity index (χ0) is 21.7. The van der Waals surface area contributed by atoms with Gasteiger partial charge in [-0.2, -0.15) is 0 Å². The van der Waals surface area contributed by atoms with E-state index >= 15 is 0 Å². The molecular weight excluding hydrogens is 386 g/mol. The number of rotatable bonds is 9. The summed E-state index contributed by atoms with van der Waals surface area (Å²) in [7, 11) is 0. The zero-order valence-electron chi connectivity index (χ0n) is 16.3. The normalized spacial score (nSPS) is 19.9. The molecule has 0 heterocycles. The van der Waals surface area contributed by atoms with Gasteiger partial charge >= 0.3 is 11.9 Å². The van der Waals surface area contributed by atoms with Crippen LogP contribution in [0.25, 0.3) is 0 Å². The molecule has 0 saturated heterocycles. The molecule has 2 aromatic rings. The highest BCUT2D eigenvalue weighted by Crippen LogP contribution is 2.42. The lowest BCUT2D eigenvalue weighted by molar-refractivity contribution is -0.171. The standard InChI is InChI=1S/C23H23NO6/c1-2-12-24(21(25)18-13-19(22(26)27)20(18)23(28)29)14-15-8-10-17(11-9-15)30-16-6-4-3-5-7-16/h2-11,18-20H,1,12-14H2,(H,26,27)(H,28,29). The number of aliphatic carboxylic acids is 2. The molecular formula is C23H23NO6. The van der Waals surface area contributed by atoms with Gasteiger partial charge in [-0.05, 0) is 36.2 Å². The molecule has 156 valence electrons. The smallest absolute Gasteiger partial charge is 0.308 e. The van der Waals surface area contributed by atoms with Gasteiger partial charge in [0.05, 0.1) is 17.8 Å². The van der Waals surface area contributed by atoms with Crippen LogP contribution < -0.4 is 4.74 Å². The summed E-state index contributed by atoms with van der Waals surface area (Å²) in [5.41, 5.74) is 0.839. The Kier molecular flexibility index (Phi) is 6.51. The lowest BCUT2D eigenvalue weighted by atomic mass is 9.64. The van der Waals surface area contributed by atoms with Gasteiger partial charge in [0.2, 0.25) is 5.91 Å². The number of ether oxygens (including phenoxy) is 1. The van der Waals surface area contributed by atoms with Gasteiger partial charge in [0.1, 0.15) is 11.5 Å². The number of carbonyl (C=O) groups excluding carboxylic acids is 1. The largest absolute Gasteiger partial charge is 0.481 e. The van der Waals surface area contributed by atoms with E-state index in [0.717, 1.165) is 5.56 Å². The van der Waals surface area contributed by atoms with E-state index in [4.69, 9.17) is 9.84 Å². The van der Waals surface area contributed by atoms with Gasteiger partial charge in [0.15, 0.2) is 0 Å². The van der Waals surface area contributed by atoms with E-state index in [9.17, 15) is 19.5 Å². The number of hydrogen-bond donors (Lipinski definition) is 2.